The maximum absolute atomic E-state index is 5.99. The Labute approximate surface area is 161 Å². The Morgan fingerprint density at radius 1 is 0.778 bits per heavy atom. The van der Waals surface area contributed by atoms with E-state index in [-0.39, 0.29) is 0 Å². The van der Waals surface area contributed by atoms with E-state index in [0.717, 1.165) is 49.1 Å². The van der Waals surface area contributed by atoms with Crippen molar-refractivity contribution < 1.29 is 9.47 Å². The molecular weight excluding hydrogens is 336 g/mol. The van der Waals surface area contributed by atoms with Gasteiger partial charge in [0.25, 0.3) is 0 Å². The average Bonchev–Trinajstić information content (AvgIpc) is 2.72. The van der Waals surface area contributed by atoms with Gasteiger partial charge < -0.3 is 20.1 Å². The molecule has 2 N–H and O–H groups in total. The molecule has 0 fully saturated rings. The zero-order chi connectivity index (χ0) is 18.7. The standard InChI is InChI=1S/C23H26N2O2/c1-24-16-7-17-26-20-14-12-19(13-15-20)18-25-22-10-5-6-11-23(22)27-21-8-3-2-4-9-21/h2-6,8-15,24-25H,7,16-18H2,1H3. The Morgan fingerprint density at radius 2 is 1.52 bits per heavy atom. The van der Waals surface area contributed by atoms with Crippen LogP contribution in [0.15, 0.2) is 78.9 Å². The number of para-hydroxylation sites is 3. The molecule has 4 nitrogen and oxygen atoms in total. The maximum atomic E-state index is 5.99. The smallest absolute Gasteiger partial charge is 0.150 e. The molecule has 0 spiro atoms. The molecule has 0 aliphatic rings. The average molecular weight is 362 g/mol. The van der Waals surface area contributed by atoms with E-state index < -0.39 is 0 Å². The molecule has 3 aromatic carbocycles. The zero-order valence-corrected chi connectivity index (χ0v) is 15.7. The predicted octanol–water partition coefficient (Wildman–Crippen LogP) is 5.08. The van der Waals surface area contributed by atoms with Crippen molar-refractivity contribution in [3.8, 4) is 17.2 Å². The van der Waals surface area contributed by atoms with Gasteiger partial charge in [0.1, 0.15) is 11.5 Å². The van der Waals surface area contributed by atoms with Crippen LogP contribution in [0.4, 0.5) is 5.69 Å². The lowest BCUT2D eigenvalue weighted by atomic mass is 10.2. The molecule has 140 valence electrons. The van der Waals surface area contributed by atoms with E-state index in [0.29, 0.717) is 0 Å². The fourth-order valence-corrected chi connectivity index (χ4v) is 2.66. The van der Waals surface area contributed by atoms with E-state index in [4.69, 9.17) is 9.47 Å². The Morgan fingerprint density at radius 3 is 2.30 bits per heavy atom. The third-order valence-electron chi connectivity index (χ3n) is 4.10. The van der Waals surface area contributed by atoms with Crippen LogP contribution < -0.4 is 20.1 Å². The Kier molecular flexibility index (Phi) is 7.13. The van der Waals surface area contributed by atoms with Gasteiger partial charge in [-0.1, -0.05) is 42.5 Å². The highest BCUT2D eigenvalue weighted by molar-refractivity contribution is 5.57. The summed E-state index contributed by atoms with van der Waals surface area (Å²) in [4.78, 5) is 0. The van der Waals surface area contributed by atoms with Crippen LogP contribution in [0, 0.1) is 0 Å². The van der Waals surface area contributed by atoms with E-state index in [9.17, 15) is 0 Å². The highest BCUT2D eigenvalue weighted by Gasteiger charge is 2.04. The summed E-state index contributed by atoms with van der Waals surface area (Å²) in [5, 5.41) is 6.57. The first-order valence-corrected chi connectivity index (χ1v) is 9.27. The second-order valence-electron chi connectivity index (χ2n) is 6.21. The van der Waals surface area contributed by atoms with E-state index in [2.05, 4.69) is 22.8 Å². The third-order valence-corrected chi connectivity index (χ3v) is 4.10. The van der Waals surface area contributed by atoms with Crippen molar-refractivity contribution in [2.45, 2.75) is 13.0 Å². The zero-order valence-electron chi connectivity index (χ0n) is 15.7. The maximum Gasteiger partial charge on any atom is 0.150 e. The quantitative estimate of drug-likeness (QED) is 0.494. The Bertz CT molecular complexity index is 804. The Balaban J connectivity index is 1.55. The second kappa shape index (κ2) is 10.2. The molecule has 0 aliphatic heterocycles. The fraction of sp³-hybridized carbons (Fsp3) is 0.217. The molecule has 3 rings (SSSR count). The number of hydrogen-bond donors (Lipinski definition) is 2. The molecule has 0 atom stereocenters. The van der Waals surface area contributed by atoms with Crippen LogP contribution in [0.1, 0.15) is 12.0 Å². The number of rotatable bonds is 10. The van der Waals surface area contributed by atoms with Crippen molar-refractivity contribution in [3.63, 3.8) is 0 Å². The minimum absolute atomic E-state index is 0.717. The topological polar surface area (TPSA) is 42.5 Å². The molecule has 4 heteroatoms. The lowest BCUT2D eigenvalue weighted by Crippen LogP contribution is -2.11. The van der Waals surface area contributed by atoms with Gasteiger partial charge in [0.2, 0.25) is 0 Å². The van der Waals surface area contributed by atoms with Gasteiger partial charge in [-0.05, 0) is 62.0 Å². The first kappa shape index (κ1) is 18.8. The van der Waals surface area contributed by atoms with Crippen molar-refractivity contribution in [2.75, 3.05) is 25.5 Å². The minimum atomic E-state index is 0.717. The summed E-state index contributed by atoms with van der Waals surface area (Å²) in [6, 6.07) is 26.0. The molecular formula is C23H26N2O2. The highest BCUT2D eigenvalue weighted by Crippen LogP contribution is 2.29. The van der Waals surface area contributed by atoms with Gasteiger partial charge in [0, 0.05) is 6.54 Å². The monoisotopic (exact) mass is 362 g/mol. The van der Waals surface area contributed by atoms with E-state index in [1.165, 1.54) is 5.56 Å². The Hall–Kier alpha value is -2.98. The summed E-state index contributed by atoms with van der Waals surface area (Å²) >= 11 is 0. The van der Waals surface area contributed by atoms with Gasteiger partial charge >= 0.3 is 0 Å². The van der Waals surface area contributed by atoms with Crippen molar-refractivity contribution in [3.05, 3.63) is 84.4 Å². The molecule has 0 saturated carbocycles. The number of ether oxygens (including phenoxy) is 2. The van der Waals surface area contributed by atoms with Gasteiger partial charge in [0.05, 0.1) is 12.3 Å². The first-order valence-electron chi connectivity index (χ1n) is 9.27. The number of nitrogens with one attached hydrogen (secondary N) is 2. The predicted molar refractivity (Wildman–Crippen MR) is 111 cm³/mol. The fourth-order valence-electron chi connectivity index (χ4n) is 2.66. The normalized spacial score (nSPS) is 10.4. The number of anilines is 1. The van der Waals surface area contributed by atoms with Crippen LogP contribution >= 0.6 is 0 Å². The van der Waals surface area contributed by atoms with Gasteiger partial charge in [-0.25, -0.2) is 0 Å². The summed E-state index contributed by atoms with van der Waals surface area (Å²) in [6.45, 7) is 2.41. The SMILES string of the molecule is CNCCCOc1ccc(CNc2ccccc2Oc2ccccc2)cc1. The van der Waals surface area contributed by atoms with Gasteiger partial charge in [-0.3, -0.25) is 0 Å². The van der Waals surface area contributed by atoms with E-state index in [1.54, 1.807) is 0 Å². The molecule has 0 radical (unpaired) electrons. The molecule has 0 aromatic heterocycles. The van der Waals surface area contributed by atoms with Gasteiger partial charge in [0.15, 0.2) is 5.75 Å². The number of hydrogen-bond acceptors (Lipinski definition) is 4. The van der Waals surface area contributed by atoms with E-state index in [1.807, 2.05) is 73.8 Å². The molecule has 0 unspecified atom stereocenters. The lowest BCUT2D eigenvalue weighted by molar-refractivity contribution is 0.310. The van der Waals surface area contributed by atoms with Gasteiger partial charge in [-0.15, -0.1) is 0 Å². The second-order valence-corrected chi connectivity index (χ2v) is 6.21. The molecule has 0 saturated heterocycles. The molecule has 0 bridgehead atoms. The first-order chi connectivity index (χ1) is 13.3. The van der Waals surface area contributed by atoms with Crippen LogP contribution in [0.5, 0.6) is 17.2 Å². The number of benzene rings is 3. The highest BCUT2D eigenvalue weighted by atomic mass is 16.5. The van der Waals surface area contributed by atoms with Crippen molar-refractivity contribution in [1.29, 1.82) is 0 Å². The van der Waals surface area contributed by atoms with Crippen LogP contribution in [0.3, 0.4) is 0 Å². The van der Waals surface area contributed by atoms with Crippen molar-refractivity contribution in [1.82, 2.24) is 5.32 Å². The molecule has 0 aliphatic carbocycles. The van der Waals surface area contributed by atoms with Crippen LogP contribution in [0.25, 0.3) is 0 Å². The molecule has 0 heterocycles. The summed E-state index contributed by atoms with van der Waals surface area (Å²) < 4.78 is 11.7. The summed E-state index contributed by atoms with van der Waals surface area (Å²) in [6.07, 6.45) is 0.998. The summed E-state index contributed by atoms with van der Waals surface area (Å²) in [5.74, 6) is 2.54. The minimum Gasteiger partial charge on any atom is -0.494 e. The van der Waals surface area contributed by atoms with Crippen LogP contribution in [-0.2, 0) is 6.54 Å². The lowest BCUT2D eigenvalue weighted by Gasteiger charge is -2.13. The third kappa shape index (κ3) is 6.04. The van der Waals surface area contributed by atoms with Crippen molar-refractivity contribution >= 4 is 5.69 Å². The van der Waals surface area contributed by atoms with Crippen molar-refractivity contribution in [2.24, 2.45) is 0 Å². The van der Waals surface area contributed by atoms with Crippen LogP contribution in [-0.4, -0.2) is 20.2 Å². The molecule has 3 aromatic rings. The molecule has 0 amide bonds. The largest absolute Gasteiger partial charge is 0.494 e. The summed E-state index contributed by atoms with van der Waals surface area (Å²) in [5.41, 5.74) is 2.15. The van der Waals surface area contributed by atoms with E-state index >= 15 is 0 Å². The summed E-state index contributed by atoms with van der Waals surface area (Å²) in [7, 11) is 1.95. The van der Waals surface area contributed by atoms with Crippen LogP contribution in [0.2, 0.25) is 0 Å². The molecule has 27 heavy (non-hydrogen) atoms. The van der Waals surface area contributed by atoms with Gasteiger partial charge in [-0.2, -0.15) is 0 Å².